The maximum absolute atomic E-state index is 12.1. The number of carbonyl (C=O) groups excluding carboxylic acids is 1. The van der Waals surface area contributed by atoms with Crippen molar-refractivity contribution >= 4 is 29.6 Å². The second kappa shape index (κ2) is 14.6. The summed E-state index contributed by atoms with van der Waals surface area (Å²) in [6, 6.07) is 16.3. The van der Waals surface area contributed by atoms with Crippen molar-refractivity contribution in [3.8, 4) is 11.6 Å². The summed E-state index contributed by atoms with van der Waals surface area (Å²) in [6.45, 7) is 6.30. The van der Waals surface area contributed by atoms with Crippen LogP contribution in [-0.4, -0.2) is 29.6 Å². The summed E-state index contributed by atoms with van der Waals surface area (Å²) in [6.07, 6.45) is 5.08. The van der Waals surface area contributed by atoms with Gasteiger partial charge in [0.15, 0.2) is 0 Å². The molecule has 0 fully saturated rings. The average Bonchev–Trinajstić information content (AvgIpc) is 3.40. The number of halogens is 1. The van der Waals surface area contributed by atoms with Crippen molar-refractivity contribution in [2.45, 2.75) is 32.9 Å². The third-order valence-corrected chi connectivity index (χ3v) is 5.10. The zero-order chi connectivity index (χ0) is 28.1. The summed E-state index contributed by atoms with van der Waals surface area (Å²) in [5.74, 6) is 0.976. The first-order valence-corrected chi connectivity index (χ1v) is 12.4. The molecule has 1 heterocycles. The lowest BCUT2D eigenvalue weighted by molar-refractivity contribution is 0.0552. The number of benzene rings is 2. The summed E-state index contributed by atoms with van der Waals surface area (Å²) in [7, 11) is 0. The molecule has 206 valence electrons. The molecule has 3 rings (SSSR count). The summed E-state index contributed by atoms with van der Waals surface area (Å²) in [5, 5.41) is 18.2. The summed E-state index contributed by atoms with van der Waals surface area (Å²) in [5.41, 5.74) is 11.2. The van der Waals surface area contributed by atoms with E-state index in [-0.39, 0.29) is 0 Å². The van der Waals surface area contributed by atoms with Crippen molar-refractivity contribution in [3.05, 3.63) is 95.0 Å². The number of hydrogen-bond acceptors (Lipinski definition) is 10. The largest absolute Gasteiger partial charge is 0.444 e. The minimum Gasteiger partial charge on any atom is -0.444 e. The normalized spacial score (nSPS) is 12.0. The zero-order valence-electron chi connectivity index (χ0n) is 21.9. The van der Waals surface area contributed by atoms with Gasteiger partial charge in [0, 0.05) is 48.4 Å². The van der Waals surface area contributed by atoms with Crippen LogP contribution < -0.4 is 31.8 Å². The van der Waals surface area contributed by atoms with Gasteiger partial charge in [0.2, 0.25) is 0 Å². The van der Waals surface area contributed by atoms with Crippen molar-refractivity contribution in [2.24, 2.45) is 0 Å². The first-order chi connectivity index (χ1) is 18.7. The van der Waals surface area contributed by atoms with E-state index < -0.39 is 11.7 Å². The topological polar surface area (TPSA) is 146 Å². The Hall–Kier alpha value is -4.32. The first kappa shape index (κ1) is 29.2. The predicted molar refractivity (Wildman–Crippen MR) is 150 cm³/mol. The second-order valence-electron chi connectivity index (χ2n) is 9.15. The van der Waals surface area contributed by atoms with Crippen LogP contribution in [0.25, 0.3) is 0 Å². The van der Waals surface area contributed by atoms with Crippen molar-refractivity contribution in [2.75, 3.05) is 12.0 Å². The monoisotopic (exact) mass is 553 g/mol. The molecule has 0 aliphatic carbocycles. The van der Waals surface area contributed by atoms with Crippen molar-refractivity contribution in [3.63, 3.8) is 0 Å². The van der Waals surface area contributed by atoms with E-state index in [1.807, 2.05) is 36.4 Å². The van der Waals surface area contributed by atoms with E-state index in [1.54, 1.807) is 45.2 Å². The van der Waals surface area contributed by atoms with Crippen LogP contribution in [0.4, 0.5) is 10.5 Å². The highest BCUT2D eigenvalue weighted by Crippen LogP contribution is 2.21. The molecule has 1 amide bonds. The molecule has 0 radical (unpaired) electrons. The van der Waals surface area contributed by atoms with Crippen LogP contribution >= 0.6 is 11.6 Å². The Morgan fingerprint density at radius 3 is 2.46 bits per heavy atom. The Balaban J connectivity index is 1.60. The Bertz CT molecular complexity index is 1250. The van der Waals surface area contributed by atoms with Gasteiger partial charge in [0.1, 0.15) is 17.6 Å². The van der Waals surface area contributed by atoms with E-state index in [4.69, 9.17) is 31.0 Å². The number of hydrogen-bond donors (Lipinski definition) is 6. The standard InChI is InChI=1S/C27H32ClN7O4/c1-27(2,3)39-26(36)31-17-20(14-29)21(16-30-15-19-4-6-22(28)7-5-19)18-32-35-33-23-8-10-24(11-9-23)38-25-12-13-37-34-25/h4-14,17-18,29-30,32-33,35H,15-16H2,1-3H3,(H,31,36)/b20-17+,21-18+,29-14?. The minimum atomic E-state index is -0.640. The number of anilines is 1. The lowest BCUT2D eigenvalue weighted by atomic mass is 10.1. The maximum Gasteiger partial charge on any atom is 0.411 e. The Labute approximate surface area is 232 Å². The van der Waals surface area contributed by atoms with Crippen LogP contribution in [0.3, 0.4) is 0 Å². The molecule has 0 saturated carbocycles. The van der Waals surface area contributed by atoms with Gasteiger partial charge in [-0.15, -0.1) is 0 Å². The molecule has 11 nitrogen and oxygen atoms in total. The van der Waals surface area contributed by atoms with E-state index >= 15 is 0 Å². The molecule has 0 saturated heterocycles. The van der Waals surface area contributed by atoms with E-state index in [0.29, 0.717) is 40.9 Å². The molecule has 0 aliphatic heterocycles. The fourth-order valence-corrected chi connectivity index (χ4v) is 3.19. The third-order valence-electron chi connectivity index (χ3n) is 4.84. The SMILES string of the molecule is CC(C)(C)OC(=O)N/C=C(C=N)/C(=C/NNNc1ccc(Oc2ccon2)cc1)CNCc1ccc(Cl)cc1. The van der Waals surface area contributed by atoms with E-state index in [1.165, 1.54) is 12.5 Å². The van der Waals surface area contributed by atoms with Crippen molar-refractivity contribution in [1.82, 2.24) is 26.8 Å². The van der Waals surface area contributed by atoms with Gasteiger partial charge in [0.05, 0.1) is 5.69 Å². The maximum atomic E-state index is 12.1. The Morgan fingerprint density at radius 1 is 1.08 bits per heavy atom. The number of nitrogens with one attached hydrogen (secondary N) is 6. The number of aromatic nitrogens is 1. The molecular weight excluding hydrogens is 522 g/mol. The van der Waals surface area contributed by atoms with E-state index in [9.17, 15) is 4.79 Å². The van der Waals surface area contributed by atoms with Gasteiger partial charge in [-0.3, -0.25) is 5.32 Å². The molecule has 2 aromatic carbocycles. The molecule has 39 heavy (non-hydrogen) atoms. The average molecular weight is 554 g/mol. The molecular formula is C27H32ClN7O4. The highest BCUT2D eigenvalue weighted by Gasteiger charge is 2.15. The fourth-order valence-electron chi connectivity index (χ4n) is 3.06. The van der Waals surface area contributed by atoms with Crippen LogP contribution in [0, 0.1) is 5.41 Å². The summed E-state index contributed by atoms with van der Waals surface area (Å²) < 4.78 is 15.6. The zero-order valence-corrected chi connectivity index (χ0v) is 22.6. The third kappa shape index (κ3) is 10.9. The van der Waals surface area contributed by atoms with Gasteiger partial charge in [-0.2, -0.15) is 5.53 Å². The van der Waals surface area contributed by atoms with Crippen LogP contribution in [-0.2, 0) is 11.3 Å². The van der Waals surface area contributed by atoms with Gasteiger partial charge in [-0.25, -0.2) is 4.79 Å². The van der Waals surface area contributed by atoms with Gasteiger partial charge >= 0.3 is 6.09 Å². The molecule has 6 N–H and O–H groups in total. The van der Waals surface area contributed by atoms with Gasteiger partial charge in [-0.05, 0) is 73.5 Å². The van der Waals surface area contributed by atoms with E-state index in [0.717, 1.165) is 17.5 Å². The van der Waals surface area contributed by atoms with E-state index in [2.05, 4.69) is 32.2 Å². The Morgan fingerprint density at radius 2 is 1.82 bits per heavy atom. The number of nitrogens with zero attached hydrogens (tertiary/aromatic N) is 1. The fraction of sp³-hybridized carbons (Fsp3) is 0.222. The highest BCUT2D eigenvalue weighted by atomic mass is 35.5. The van der Waals surface area contributed by atoms with Gasteiger partial charge in [-0.1, -0.05) is 23.7 Å². The quantitative estimate of drug-likeness (QED) is 0.0720. The van der Waals surface area contributed by atoms with Crippen LogP contribution in [0.15, 0.2) is 88.9 Å². The molecule has 12 heteroatoms. The van der Waals surface area contributed by atoms with Gasteiger partial charge in [0.25, 0.3) is 5.88 Å². The number of ether oxygens (including phenoxy) is 2. The van der Waals surface area contributed by atoms with Crippen LogP contribution in [0.5, 0.6) is 11.6 Å². The summed E-state index contributed by atoms with van der Waals surface area (Å²) >= 11 is 5.97. The number of alkyl carbamates (subject to hydrolysis) is 1. The lowest BCUT2D eigenvalue weighted by Crippen LogP contribution is -2.34. The molecule has 3 aromatic rings. The summed E-state index contributed by atoms with van der Waals surface area (Å²) in [4.78, 5) is 12.1. The number of rotatable bonds is 13. The van der Waals surface area contributed by atoms with Crippen molar-refractivity contribution in [1.29, 1.82) is 5.41 Å². The van der Waals surface area contributed by atoms with Gasteiger partial charge < -0.3 is 35.6 Å². The van der Waals surface area contributed by atoms with Crippen LogP contribution in [0.1, 0.15) is 26.3 Å². The Kier molecular flexibility index (Phi) is 10.9. The predicted octanol–water partition coefficient (Wildman–Crippen LogP) is 5.27. The number of carbonyl (C=O) groups is 1. The second-order valence-corrected chi connectivity index (χ2v) is 9.58. The molecule has 0 spiro atoms. The smallest absolute Gasteiger partial charge is 0.411 e. The highest BCUT2D eigenvalue weighted by molar-refractivity contribution is 6.30. The molecule has 0 atom stereocenters. The number of hydrazine groups is 2. The molecule has 0 unspecified atom stereocenters. The lowest BCUT2D eigenvalue weighted by Gasteiger charge is -2.19. The molecule has 1 aromatic heterocycles. The first-order valence-electron chi connectivity index (χ1n) is 12.0. The number of amides is 1. The van der Waals surface area contributed by atoms with Crippen LogP contribution in [0.2, 0.25) is 5.02 Å². The van der Waals surface area contributed by atoms with Crippen molar-refractivity contribution < 1.29 is 18.8 Å². The molecule has 0 bridgehead atoms. The minimum absolute atomic E-state index is 0.369. The molecule has 0 aliphatic rings.